The molecule has 0 aliphatic heterocycles. The summed E-state index contributed by atoms with van der Waals surface area (Å²) in [6, 6.07) is 8.58. The van der Waals surface area contributed by atoms with Gasteiger partial charge in [-0.05, 0) is 24.6 Å². The fourth-order valence-electron chi connectivity index (χ4n) is 2.24. The van der Waals surface area contributed by atoms with Crippen LogP contribution in [-0.4, -0.2) is 34.2 Å². The van der Waals surface area contributed by atoms with Crippen molar-refractivity contribution in [3.63, 3.8) is 0 Å². The Kier molecular flexibility index (Phi) is 5.71. The normalized spacial score (nSPS) is 11.4. The second kappa shape index (κ2) is 7.75. The summed E-state index contributed by atoms with van der Waals surface area (Å²) < 4.78 is 5.01. The number of benzene rings is 1. The predicted octanol–water partition coefficient (Wildman–Crippen LogP) is 2.26. The van der Waals surface area contributed by atoms with E-state index in [0.717, 1.165) is 0 Å². The number of hydrogen-bond acceptors (Lipinski definition) is 8. The summed E-state index contributed by atoms with van der Waals surface area (Å²) in [6.45, 7) is 1.62. The molecule has 2 rings (SSSR count). The predicted molar refractivity (Wildman–Crippen MR) is 94.1 cm³/mol. The molecule has 0 amide bonds. The summed E-state index contributed by atoms with van der Waals surface area (Å²) in [5.41, 5.74) is 6.85. The van der Waals surface area contributed by atoms with E-state index >= 15 is 0 Å². The molecule has 0 radical (unpaired) electrons. The molecule has 1 aromatic carbocycles. The summed E-state index contributed by atoms with van der Waals surface area (Å²) in [5.74, 6) is 0.452. The molecule has 25 heavy (non-hydrogen) atoms. The number of aromatic hydroxyl groups is 1. The Bertz CT molecular complexity index is 885. The number of phenolic OH excluding ortho intramolecular Hbond substituents is 1. The van der Waals surface area contributed by atoms with Crippen LogP contribution in [0.4, 0.5) is 5.82 Å². The number of methoxy groups -OCH3 is 1. The molecule has 2 aromatic rings. The van der Waals surface area contributed by atoms with Crippen LogP contribution in [0.15, 0.2) is 23.2 Å². The highest BCUT2D eigenvalue weighted by Crippen LogP contribution is 2.38. The molecule has 0 saturated heterocycles. The lowest BCUT2D eigenvalue weighted by molar-refractivity contribution is 0.220. The lowest BCUT2D eigenvalue weighted by Gasteiger charge is -2.14. The lowest BCUT2D eigenvalue weighted by atomic mass is 9.96. The first-order valence-corrected chi connectivity index (χ1v) is 8.23. The van der Waals surface area contributed by atoms with E-state index in [1.54, 1.807) is 13.0 Å². The van der Waals surface area contributed by atoms with Gasteiger partial charge >= 0.3 is 0 Å². The molecule has 1 aromatic heterocycles. The maximum Gasteiger partial charge on any atom is 0.160 e. The lowest BCUT2D eigenvalue weighted by Crippen LogP contribution is -2.07. The van der Waals surface area contributed by atoms with Crippen LogP contribution in [0.25, 0.3) is 11.1 Å². The highest BCUT2D eigenvalue weighted by molar-refractivity contribution is 7.99. The number of ether oxygens (including phenoxy) is 1. The molecule has 4 N–H and O–H groups in total. The van der Waals surface area contributed by atoms with Gasteiger partial charge in [-0.2, -0.15) is 10.5 Å². The van der Waals surface area contributed by atoms with Crippen molar-refractivity contribution in [1.29, 1.82) is 10.5 Å². The van der Waals surface area contributed by atoms with E-state index in [1.807, 2.05) is 6.07 Å². The van der Waals surface area contributed by atoms with E-state index in [-0.39, 0.29) is 28.4 Å². The van der Waals surface area contributed by atoms with Crippen molar-refractivity contribution in [2.24, 2.45) is 0 Å². The molecule has 8 heteroatoms. The molecule has 1 atom stereocenters. The van der Waals surface area contributed by atoms with E-state index in [4.69, 9.17) is 10.5 Å². The molecule has 0 fully saturated rings. The number of anilines is 1. The zero-order valence-electron chi connectivity index (χ0n) is 13.6. The first kappa shape index (κ1) is 18.4. The van der Waals surface area contributed by atoms with E-state index < -0.39 is 6.10 Å². The molecule has 1 unspecified atom stereocenters. The number of thioether (sulfide) groups is 1. The molecule has 7 nitrogen and oxygen atoms in total. The highest BCUT2D eigenvalue weighted by Gasteiger charge is 2.21. The van der Waals surface area contributed by atoms with E-state index in [9.17, 15) is 20.7 Å². The largest absolute Gasteiger partial charge is 0.504 e. The zero-order chi connectivity index (χ0) is 18.6. The summed E-state index contributed by atoms with van der Waals surface area (Å²) >= 11 is 1.17. The van der Waals surface area contributed by atoms with Gasteiger partial charge in [-0.25, -0.2) is 4.98 Å². The van der Waals surface area contributed by atoms with Gasteiger partial charge in [-0.15, -0.1) is 11.8 Å². The Balaban J connectivity index is 2.72. The average Bonchev–Trinajstić information content (AvgIpc) is 2.59. The number of nitriles is 2. The summed E-state index contributed by atoms with van der Waals surface area (Å²) in [7, 11) is 1.42. The third kappa shape index (κ3) is 3.77. The van der Waals surface area contributed by atoms with Gasteiger partial charge in [0, 0.05) is 11.3 Å². The maximum atomic E-state index is 10.0. The third-order valence-electron chi connectivity index (χ3n) is 3.34. The average molecular weight is 356 g/mol. The van der Waals surface area contributed by atoms with Crippen molar-refractivity contribution in [1.82, 2.24) is 4.98 Å². The monoisotopic (exact) mass is 356 g/mol. The van der Waals surface area contributed by atoms with E-state index in [2.05, 4.69) is 11.1 Å². The number of nitrogens with two attached hydrogens (primary N) is 1. The minimum absolute atomic E-state index is 0.0140. The third-order valence-corrected chi connectivity index (χ3v) is 4.56. The summed E-state index contributed by atoms with van der Waals surface area (Å²) in [4.78, 5) is 4.13. The van der Waals surface area contributed by atoms with Crippen LogP contribution < -0.4 is 10.5 Å². The van der Waals surface area contributed by atoms with Crippen molar-refractivity contribution >= 4 is 17.6 Å². The fourth-order valence-corrected chi connectivity index (χ4v) is 3.09. The van der Waals surface area contributed by atoms with E-state index in [1.165, 1.54) is 31.0 Å². The van der Waals surface area contributed by atoms with Crippen molar-refractivity contribution < 1.29 is 14.9 Å². The van der Waals surface area contributed by atoms with Crippen LogP contribution in [0.3, 0.4) is 0 Å². The van der Waals surface area contributed by atoms with Crippen molar-refractivity contribution in [3.05, 3.63) is 29.3 Å². The molecule has 0 aliphatic rings. The smallest absolute Gasteiger partial charge is 0.160 e. The minimum Gasteiger partial charge on any atom is -0.504 e. The number of aliphatic hydroxyl groups excluding tert-OH is 1. The number of hydrogen-bond donors (Lipinski definition) is 3. The number of rotatable bonds is 5. The quantitative estimate of drug-likeness (QED) is 0.694. The van der Waals surface area contributed by atoms with Crippen molar-refractivity contribution in [2.45, 2.75) is 18.1 Å². The van der Waals surface area contributed by atoms with Crippen LogP contribution in [-0.2, 0) is 0 Å². The number of aromatic nitrogens is 1. The Labute approximate surface area is 149 Å². The molecular formula is C17H16N4O3S. The van der Waals surface area contributed by atoms with E-state index in [0.29, 0.717) is 21.9 Å². The molecule has 0 spiro atoms. The van der Waals surface area contributed by atoms with Crippen molar-refractivity contribution in [2.75, 3.05) is 18.6 Å². The van der Waals surface area contributed by atoms with Gasteiger partial charge < -0.3 is 20.7 Å². The number of nitrogen functional groups attached to an aromatic ring is 1. The van der Waals surface area contributed by atoms with Crippen molar-refractivity contribution in [3.8, 4) is 34.8 Å². The van der Waals surface area contributed by atoms with Crippen LogP contribution in [0, 0.1) is 22.7 Å². The topological polar surface area (TPSA) is 136 Å². The van der Waals surface area contributed by atoms with Gasteiger partial charge in [-0.1, -0.05) is 6.07 Å². The van der Waals surface area contributed by atoms with Gasteiger partial charge in [0.05, 0.1) is 18.8 Å². The molecular weight excluding hydrogens is 340 g/mol. The molecule has 0 aliphatic carbocycles. The SMILES string of the molecule is COc1ccc(-c2c(C#N)c(N)nc(SCC(C)O)c2C#N)cc1O. The number of aliphatic hydroxyl groups is 1. The summed E-state index contributed by atoms with van der Waals surface area (Å²) in [6.07, 6.45) is -0.594. The molecule has 0 bridgehead atoms. The highest BCUT2D eigenvalue weighted by atomic mass is 32.2. The standard InChI is InChI=1S/C17H16N4O3S/c1-9(22)8-25-17-12(7-19)15(11(6-18)16(20)21-17)10-3-4-14(24-2)13(23)5-10/h3-5,9,22-23H,8H2,1-2H3,(H2,20,21). The Hall–Kier alpha value is -2.94. The fraction of sp³-hybridized carbons (Fsp3) is 0.235. The second-order valence-electron chi connectivity index (χ2n) is 5.20. The summed E-state index contributed by atoms with van der Waals surface area (Å²) in [5, 5.41) is 38.9. The first-order chi connectivity index (χ1) is 11.9. The second-order valence-corrected chi connectivity index (χ2v) is 6.21. The van der Waals surface area contributed by atoms with Crippen LogP contribution in [0.2, 0.25) is 0 Å². The Morgan fingerprint density at radius 2 is 2.00 bits per heavy atom. The van der Waals surface area contributed by atoms with Gasteiger partial charge in [0.25, 0.3) is 0 Å². The zero-order valence-corrected chi connectivity index (χ0v) is 14.5. The van der Waals surface area contributed by atoms with Gasteiger partial charge in [0.2, 0.25) is 0 Å². The minimum atomic E-state index is -0.594. The number of nitrogens with zero attached hydrogens (tertiary/aromatic N) is 3. The van der Waals surface area contributed by atoms with Crippen LogP contribution in [0.5, 0.6) is 11.5 Å². The Morgan fingerprint density at radius 3 is 2.52 bits per heavy atom. The van der Waals surface area contributed by atoms with Gasteiger partial charge in [-0.3, -0.25) is 0 Å². The maximum absolute atomic E-state index is 10.0. The Morgan fingerprint density at radius 1 is 1.32 bits per heavy atom. The first-order valence-electron chi connectivity index (χ1n) is 7.24. The van der Waals surface area contributed by atoms with Crippen LogP contribution >= 0.6 is 11.8 Å². The molecule has 1 heterocycles. The molecule has 0 saturated carbocycles. The molecule has 128 valence electrons. The number of phenols is 1. The van der Waals surface area contributed by atoms with Crippen LogP contribution in [0.1, 0.15) is 18.1 Å². The number of pyridine rings is 1. The van der Waals surface area contributed by atoms with Gasteiger partial charge in [0.1, 0.15) is 28.5 Å². The van der Waals surface area contributed by atoms with Gasteiger partial charge in [0.15, 0.2) is 11.5 Å².